The number of esters is 1. The van der Waals surface area contributed by atoms with Crippen LogP contribution in [0.3, 0.4) is 0 Å². The van der Waals surface area contributed by atoms with Gasteiger partial charge in [0.15, 0.2) is 0 Å². The zero-order valence-corrected chi connectivity index (χ0v) is 13.9. The number of aliphatic hydroxyl groups excluding tert-OH is 2. The highest BCUT2D eigenvalue weighted by Gasteiger charge is 2.22. The normalized spacial score (nSPS) is 14.2. The average molecular weight is 352 g/mol. The Bertz CT molecular complexity index is 404. The minimum atomic E-state index is -2.05. The summed E-state index contributed by atoms with van der Waals surface area (Å²) in [6.45, 7) is 3.38. The first-order valence-electron chi connectivity index (χ1n) is 6.86. The van der Waals surface area contributed by atoms with Gasteiger partial charge in [-0.3, -0.25) is 9.59 Å². The van der Waals surface area contributed by atoms with Gasteiger partial charge in [-0.05, 0) is 6.08 Å². The number of nitrogens with one attached hydrogen (secondary N) is 1. The van der Waals surface area contributed by atoms with Gasteiger partial charge in [0.25, 0.3) is 0 Å². The second kappa shape index (κ2) is 14.0. The van der Waals surface area contributed by atoms with E-state index in [0.29, 0.717) is 5.75 Å². The summed E-state index contributed by atoms with van der Waals surface area (Å²) in [6, 6.07) is -1.25. The van der Waals surface area contributed by atoms with Crippen LogP contribution < -0.4 is 11.1 Å². The van der Waals surface area contributed by atoms with Crippen LogP contribution in [0, 0.1) is 0 Å². The molecule has 0 aromatic rings. The monoisotopic (exact) mass is 352 g/mol. The minimum Gasteiger partial charge on any atom is -0.478 e. The molecule has 23 heavy (non-hydrogen) atoms. The summed E-state index contributed by atoms with van der Waals surface area (Å²) in [5.74, 6) is -3.06. The van der Waals surface area contributed by atoms with Crippen LogP contribution in [-0.4, -0.2) is 63.9 Å². The van der Waals surface area contributed by atoms with E-state index in [4.69, 9.17) is 25.8 Å². The molecule has 134 valence electrons. The lowest BCUT2D eigenvalue weighted by molar-refractivity contribution is -0.154. The van der Waals surface area contributed by atoms with Crippen molar-refractivity contribution in [2.24, 2.45) is 5.73 Å². The summed E-state index contributed by atoms with van der Waals surface area (Å²) >= 11 is 3.91. The molecule has 0 rings (SSSR count). The third-order valence-electron chi connectivity index (χ3n) is 2.14. The molecule has 0 aromatic heterocycles. The average Bonchev–Trinajstić information content (AvgIpc) is 2.53. The number of carboxylic acid groups (broad SMARTS) is 1. The largest absolute Gasteiger partial charge is 0.478 e. The molecule has 10 heteroatoms. The number of aliphatic carboxylic acids is 1. The predicted octanol–water partition coefficient (Wildman–Crippen LogP) is -1.36. The van der Waals surface area contributed by atoms with Crippen LogP contribution >= 0.6 is 12.6 Å². The molecule has 0 saturated heterocycles. The Morgan fingerprint density at radius 3 is 2.35 bits per heavy atom. The Morgan fingerprint density at radius 2 is 1.91 bits per heavy atom. The summed E-state index contributed by atoms with van der Waals surface area (Å²) < 4.78 is 4.88. The van der Waals surface area contributed by atoms with E-state index in [2.05, 4.69) is 12.6 Å². The molecule has 0 radical (unpaired) electrons. The fourth-order valence-corrected chi connectivity index (χ4v) is 1.25. The fourth-order valence-electron chi connectivity index (χ4n) is 1.13. The highest BCUT2D eigenvalue weighted by atomic mass is 32.1. The minimum absolute atomic E-state index is 0.319. The maximum atomic E-state index is 11.5. The number of nitrogens with two attached hydrogens (primary N) is 1. The maximum absolute atomic E-state index is 11.5. The van der Waals surface area contributed by atoms with Gasteiger partial charge in [0, 0.05) is 5.75 Å². The van der Waals surface area contributed by atoms with Crippen molar-refractivity contribution in [2.45, 2.75) is 38.6 Å². The van der Waals surface area contributed by atoms with Crippen LogP contribution in [-0.2, 0) is 19.1 Å². The summed E-state index contributed by atoms with van der Waals surface area (Å²) in [6.07, 6.45) is -0.627. The van der Waals surface area contributed by atoms with Gasteiger partial charge < -0.3 is 31.1 Å². The van der Waals surface area contributed by atoms with Crippen molar-refractivity contribution >= 4 is 30.5 Å². The molecule has 0 aliphatic carbocycles. The molecule has 0 aliphatic heterocycles. The summed E-state index contributed by atoms with van der Waals surface area (Å²) in [4.78, 5) is 33.3. The standard InChI is InChI=1S/C11H18N2O7S.C2H6/c12-7(5-14)11(19)20-6(2-1-3-21)4-8(15)13-9(16)10(17)18;1-2/h1-2,6-7,9,14,16,21H,3-5,12H2,(H,13,15)(H,17,18);1-2H3/b2-1+;. The van der Waals surface area contributed by atoms with Crippen LogP contribution in [0.4, 0.5) is 0 Å². The Hall–Kier alpha value is -1.62. The van der Waals surface area contributed by atoms with Crippen molar-refractivity contribution in [1.29, 1.82) is 0 Å². The topological polar surface area (TPSA) is 159 Å². The number of thiol groups is 1. The lowest BCUT2D eigenvalue weighted by Crippen LogP contribution is -2.43. The van der Waals surface area contributed by atoms with Crippen molar-refractivity contribution in [3.05, 3.63) is 12.2 Å². The van der Waals surface area contributed by atoms with Crippen LogP contribution in [0.2, 0.25) is 0 Å². The lowest BCUT2D eigenvalue weighted by Gasteiger charge is -2.17. The summed E-state index contributed by atoms with van der Waals surface area (Å²) in [5.41, 5.74) is 5.26. The lowest BCUT2D eigenvalue weighted by atomic mass is 10.2. The van der Waals surface area contributed by atoms with Gasteiger partial charge in [0.05, 0.1) is 13.0 Å². The molecule has 0 saturated carbocycles. The van der Waals surface area contributed by atoms with E-state index in [1.54, 1.807) is 5.32 Å². The van der Waals surface area contributed by atoms with Gasteiger partial charge in [-0.15, -0.1) is 0 Å². The second-order valence-corrected chi connectivity index (χ2v) is 4.25. The Morgan fingerprint density at radius 1 is 1.35 bits per heavy atom. The third-order valence-corrected chi connectivity index (χ3v) is 2.35. The van der Waals surface area contributed by atoms with Crippen molar-refractivity contribution in [3.63, 3.8) is 0 Å². The van der Waals surface area contributed by atoms with E-state index >= 15 is 0 Å². The quantitative estimate of drug-likeness (QED) is 0.128. The van der Waals surface area contributed by atoms with E-state index in [9.17, 15) is 14.4 Å². The van der Waals surface area contributed by atoms with E-state index in [-0.39, 0.29) is 0 Å². The Kier molecular flexibility index (Phi) is 14.4. The first kappa shape index (κ1) is 23.6. The number of carboxylic acids is 1. The number of ether oxygens (including phenoxy) is 1. The SMILES string of the molecule is CC.NC(CO)C(=O)OC(/C=C/CS)CC(=O)NC(O)C(=O)O. The highest BCUT2D eigenvalue weighted by Crippen LogP contribution is 2.04. The first-order valence-corrected chi connectivity index (χ1v) is 7.49. The second-order valence-electron chi connectivity index (χ2n) is 3.89. The van der Waals surface area contributed by atoms with Gasteiger partial charge in [-0.25, -0.2) is 4.79 Å². The smallest absolute Gasteiger partial charge is 0.353 e. The third kappa shape index (κ3) is 11.6. The van der Waals surface area contributed by atoms with Gasteiger partial charge in [0.2, 0.25) is 12.1 Å². The van der Waals surface area contributed by atoms with Crippen molar-refractivity contribution in [3.8, 4) is 0 Å². The Balaban J connectivity index is 0. The van der Waals surface area contributed by atoms with Crippen molar-refractivity contribution in [1.82, 2.24) is 5.32 Å². The number of amides is 1. The molecule has 0 aromatic carbocycles. The van der Waals surface area contributed by atoms with Gasteiger partial charge in [-0.2, -0.15) is 12.6 Å². The van der Waals surface area contributed by atoms with E-state index in [0.717, 1.165) is 0 Å². The molecule has 1 amide bonds. The van der Waals surface area contributed by atoms with E-state index in [1.807, 2.05) is 13.8 Å². The van der Waals surface area contributed by atoms with Crippen molar-refractivity contribution < 1.29 is 34.4 Å². The zero-order valence-electron chi connectivity index (χ0n) is 13.0. The van der Waals surface area contributed by atoms with Gasteiger partial charge in [-0.1, -0.05) is 19.9 Å². The van der Waals surface area contributed by atoms with Crippen LogP contribution in [0.25, 0.3) is 0 Å². The fraction of sp³-hybridized carbons (Fsp3) is 0.615. The van der Waals surface area contributed by atoms with E-state index < -0.39 is 49.2 Å². The number of hydrogen-bond acceptors (Lipinski definition) is 8. The zero-order chi connectivity index (χ0) is 18.4. The molecule has 3 atom stereocenters. The highest BCUT2D eigenvalue weighted by molar-refractivity contribution is 7.80. The molecule has 0 fully saturated rings. The predicted molar refractivity (Wildman–Crippen MR) is 85.7 cm³/mol. The molecule has 6 N–H and O–H groups in total. The number of aliphatic hydroxyl groups is 2. The van der Waals surface area contributed by atoms with Crippen LogP contribution in [0.1, 0.15) is 20.3 Å². The molecule has 0 spiro atoms. The molecular formula is C13H24N2O7S. The molecular weight excluding hydrogens is 328 g/mol. The summed E-state index contributed by atoms with van der Waals surface area (Å²) in [7, 11) is 0. The molecule has 0 bridgehead atoms. The van der Waals surface area contributed by atoms with Gasteiger partial charge >= 0.3 is 11.9 Å². The number of carbonyl (C=O) groups is 3. The molecule has 3 unspecified atom stereocenters. The number of hydrogen-bond donors (Lipinski definition) is 6. The molecule has 0 aliphatic rings. The maximum Gasteiger partial charge on any atom is 0.353 e. The summed E-state index contributed by atoms with van der Waals surface area (Å²) in [5, 5.41) is 27.9. The van der Waals surface area contributed by atoms with Crippen LogP contribution in [0.15, 0.2) is 12.2 Å². The first-order chi connectivity index (χ1) is 10.8. The van der Waals surface area contributed by atoms with Crippen LogP contribution in [0.5, 0.6) is 0 Å². The van der Waals surface area contributed by atoms with Crippen molar-refractivity contribution in [2.75, 3.05) is 12.4 Å². The Labute approximate surface area is 139 Å². The molecule has 0 heterocycles. The van der Waals surface area contributed by atoms with Gasteiger partial charge in [0.1, 0.15) is 12.1 Å². The number of rotatable bonds is 9. The van der Waals surface area contributed by atoms with E-state index in [1.165, 1.54) is 12.2 Å². The molecule has 9 nitrogen and oxygen atoms in total. The number of carbonyl (C=O) groups excluding carboxylic acids is 2.